The third kappa shape index (κ3) is 5.25. The summed E-state index contributed by atoms with van der Waals surface area (Å²) >= 11 is 8.57. The van der Waals surface area contributed by atoms with Crippen molar-refractivity contribution in [3.05, 3.63) is 98.6 Å². The van der Waals surface area contributed by atoms with Crippen molar-refractivity contribution in [3.63, 3.8) is 0 Å². The van der Waals surface area contributed by atoms with Crippen LogP contribution in [0.5, 0.6) is 11.5 Å². The number of hydrogen-bond acceptors (Lipinski definition) is 3. The molecule has 0 unspecified atom stereocenters. The van der Waals surface area contributed by atoms with Crippen LogP contribution in [0.3, 0.4) is 0 Å². The molecule has 0 spiro atoms. The van der Waals surface area contributed by atoms with Crippen molar-refractivity contribution in [2.75, 3.05) is 11.9 Å². The predicted molar refractivity (Wildman–Crippen MR) is 137 cm³/mol. The molecule has 0 bridgehead atoms. The Morgan fingerprint density at radius 1 is 0.903 bits per heavy atom. The molecule has 4 rings (SSSR count). The summed E-state index contributed by atoms with van der Waals surface area (Å²) < 4.78 is 13.2. The molecule has 5 heteroatoms. The van der Waals surface area contributed by atoms with E-state index in [9.17, 15) is 0 Å². The first kappa shape index (κ1) is 21.8. The minimum atomic E-state index is 0.481. The molecule has 0 atom stereocenters. The highest BCUT2D eigenvalue weighted by molar-refractivity contribution is 14.1. The second-order valence-electron chi connectivity index (χ2n) is 7.10. The molecule has 0 aromatic heterocycles. The lowest BCUT2D eigenvalue weighted by atomic mass is 10.1. The number of hydrogen-bond donors (Lipinski definition) is 1. The van der Waals surface area contributed by atoms with Crippen molar-refractivity contribution in [3.8, 4) is 11.5 Å². The average molecular weight is 544 g/mol. The Bertz CT molecular complexity index is 1190. The molecular formula is C26H23ClINO2. The molecule has 0 fully saturated rings. The van der Waals surface area contributed by atoms with E-state index in [1.165, 1.54) is 10.8 Å². The fourth-order valence-electron chi connectivity index (χ4n) is 3.50. The van der Waals surface area contributed by atoms with E-state index in [0.717, 1.165) is 31.9 Å². The molecule has 0 aliphatic carbocycles. The van der Waals surface area contributed by atoms with E-state index in [2.05, 4.69) is 76.4 Å². The van der Waals surface area contributed by atoms with Crippen LogP contribution in [0.25, 0.3) is 10.8 Å². The van der Waals surface area contributed by atoms with E-state index in [0.29, 0.717) is 24.8 Å². The molecule has 31 heavy (non-hydrogen) atoms. The Balaban J connectivity index is 1.55. The van der Waals surface area contributed by atoms with Crippen LogP contribution in [0.4, 0.5) is 5.69 Å². The van der Waals surface area contributed by atoms with Crippen LogP contribution in [-0.2, 0) is 13.2 Å². The van der Waals surface area contributed by atoms with Gasteiger partial charge in [-0.15, -0.1) is 0 Å². The Morgan fingerprint density at radius 2 is 1.68 bits per heavy atom. The van der Waals surface area contributed by atoms with E-state index in [1.54, 1.807) is 0 Å². The van der Waals surface area contributed by atoms with Crippen LogP contribution in [0.2, 0.25) is 5.02 Å². The van der Waals surface area contributed by atoms with Crippen LogP contribution in [0.15, 0.2) is 78.9 Å². The van der Waals surface area contributed by atoms with Crippen LogP contribution in [-0.4, -0.2) is 6.61 Å². The number of ether oxygens (including phenoxy) is 2. The molecule has 3 nitrogen and oxygen atoms in total. The standard InChI is InChI=1S/C26H23ClINO2/c1-2-30-25-15-18(16-29-24-13-6-5-12-22(24)27)14-23(28)26(25)31-17-20-10-7-9-19-8-3-4-11-21(19)20/h3-15,29H,2,16-17H2,1H3. The van der Waals surface area contributed by atoms with Gasteiger partial charge in [0.25, 0.3) is 0 Å². The van der Waals surface area contributed by atoms with Crippen LogP contribution < -0.4 is 14.8 Å². The first-order valence-corrected chi connectivity index (χ1v) is 11.6. The third-order valence-electron chi connectivity index (χ3n) is 4.98. The van der Waals surface area contributed by atoms with Gasteiger partial charge in [-0.2, -0.15) is 0 Å². The second-order valence-corrected chi connectivity index (χ2v) is 8.67. The summed E-state index contributed by atoms with van der Waals surface area (Å²) in [5.41, 5.74) is 3.17. The van der Waals surface area contributed by atoms with Crippen molar-refractivity contribution in [1.82, 2.24) is 0 Å². The largest absolute Gasteiger partial charge is 0.490 e. The Kier molecular flexibility index (Phi) is 7.20. The van der Waals surface area contributed by atoms with Crippen LogP contribution in [0, 0.1) is 3.57 Å². The van der Waals surface area contributed by atoms with E-state index >= 15 is 0 Å². The fraction of sp³-hybridized carbons (Fsp3) is 0.154. The summed E-state index contributed by atoms with van der Waals surface area (Å²) in [6.45, 7) is 3.68. The fourth-order valence-corrected chi connectivity index (χ4v) is 4.52. The SMILES string of the molecule is CCOc1cc(CNc2ccccc2Cl)cc(I)c1OCc1cccc2ccccc12. The molecule has 158 valence electrons. The highest BCUT2D eigenvalue weighted by Crippen LogP contribution is 2.36. The van der Waals surface area contributed by atoms with Crippen molar-refractivity contribution in [2.45, 2.75) is 20.1 Å². The summed E-state index contributed by atoms with van der Waals surface area (Å²) in [4.78, 5) is 0. The highest BCUT2D eigenvalue weighted by atomic mass is 127. The van der Waals surface area contributed by atoms with Crippen LogP contribution >= 0.6 is 34.2 Å². The van der Waals surface area contributed by atoms with Gasteiger partial charge >= 0.3 is 0 Å². The maximum absolute atomic E-state index is 6.28. The molecule has 0 aliphatic rings. The number of halogens is 2. The lowest BCUT2D eigenvalue weighted by molar-refractivity contribution is 0.268. The molecule has 0 heterocycles. The topological polar surface area (TPSA) is 30.5 Å². The zero-order valence-corrected chi connectivity index (χ0v) is 20.1. The quantitative estimate of drug-likeness (QED) is 0.231. The van der Waals surface area contributed by atoms with Gasteiger partial charge in [0.05, 0.1) is 20.9 Å². The molecule has 4 aromatic carbocycles. The molecule has 4 aromatic rings. The first-order chi connectivity index (χ1) is 15.2. The zero-order chi connectivity index (χ0) is 21.6. The molecule has 0 saturated heterocycles. The summed E-state index contributed by atoms with van der Waals surface area (Å²) in [5.74, 6) is 1.53. The predicted octanol–water partition coefficient (Wildman–Crippen LogP) is 7.69. The first-order valence-electron chi connectivity index (χ1n) is 10.2. The Hall–Kier alpha value is -2.44. The maximum atomic E-state index is 6.28. The number of nitrogens with one attached hydrogen (secondary N) is 1. The number of anilines is 1. The van der Waals surface area contributed by atoms with Gasteiger partial charge in [0.2, 0.25) is 0 Å². The number of benzene rings is 4. The minimum absolute atomic E-state index is 0.481. The minimum Gasteiger partial charge on any atom is -0.490 e. The van der Waals surface area contributed by atoms with E-state index in [4.69, 9.17) is 21.1 Å². The maximum Gasteiger partial charge on any atom is 0.174 e. The van der Waals surface area contributed by atoms with E-state index in [-0.39, 0.29) is 0 Å². The van der Waals surface area contributed by atoms with Gasteiger partial charge in [-0.1, -0.05) is 66.2 Å². The third-order valence-corrected chi connectivity index (χ3v) is 6.11. The average Bonchev–Trinajstić information content (AvgIpc) is 2.78. The second kappa shape index (κ2) is 10.2. The molecule has 0 aliphatic heterocycles. The van der Waals surface area contributed by atoms with Crippen molar-refractivity contribution in [1.29, 1.82) is 0 Å². The van der Waals surface area contributed by atoms with Crippen molar-refractivity contribution in [2.24, 2.45) is 0 Å². The van der Waals surface area contributed by atoms with Gasteiger partial charge < -0.3 is 14.8 Å². The molecule has 0 radical (unpaired) electrons. The lowest BCUT2D eigenvalue weighted by Gasteiger charge is -2.17. The van der Waals surface area contributed by atoms with Gasteiger partial charge in [-0.3, -0.25) is 0 Å². The van der Waals surface area contributed by atoms with Crippen molar-refractivity contribution < 1.29 is 9.47 Å². The number of fused-ring (bicyclic) bond motifs is 1. The molecular weight excluding hydrogens is 521 g/mol. The molecule has 0 amide bonds. The summed E-state index contributed by atoms with van der Waals surface area (Å²) in [6, 6.07) is 26.5. The van der Waals surface area contributed by atoms with Gasteiger partial charge in [0.15, 0.2) is 11.5 Å². The summed E-state index contributed by atoms with van der Waals surface area (Å²) in [6.07, 6.45) is 0. The van der Waals surface area contributed by atoms with Gasteiger partial charge in [-0.25, -0.2) is 0 Å². The Labute approximate surface area is 201 Å². The lowest BCUT2D eigenvalue weighted by Crippen LogP contribution is -2.05. The van der Waals surface area contributed by atoms with Crippen molar-refractivity contribution >= 4 is 50.7 Å². The summed E-state index contributed by atoms with van der Waals surface area (Å²) in [7, 11) is 0. The molecule has 1 N–H and O–H groups in total. The van der Waals surface area contributed by atoms with E-state index < -0.39 is 0 Å². The van der Waals surface area contributed by atoms with Gasteiger partial charge in [0.1, 0.15) is 6.61 Å². The molecule has 0 saturated carbocycles. The van der Waals surface area contributed by atoms with Gasteiger partial charge in [0, 0.05) is 6.54 Å². The normalized spacial score (nSPS) is 10.8. The van der Waals surface area contributed by atoms with Crippen LogP contribution in [0.1, 0.15) is 18.1 Å². The van der Waals surface area contributed by atoms with Gasteiger partial charge in [-0.05, 0) is 75.7 Å². The smallest absolute Gasteiger partial charge is 0.174 e. The zero-order valence-electron chi connectivity index (χ0n) is 17.2. The highest BCUT2D eigenvalue weighted by Gasteiger charge is 2.14. The monoisotopic (exact) mass is 543 g/mol. The Morgan fingerprint density at radius 3 is 2.52 bits per heavy atom. The van der Waals surface area contributed by atoms with E-state index in [1.807, 2.05) is 37.3 Å². The summed E-state index contributed by atoms with van der Waals surface area (Å²) in [5, 5.41) is 6.52. The number of para-hydroxylation sites is 1. The number of rotatable bonds is 8.